The van der Waals surface area contributed by atoms with Gasteiger partial charge < -0.3 is 0 Å². The highest BCUT2D eigenvalue weighted by molar-refractivity contribution is 5.67. The molecule has 2 heterocycles. The first-order valence-electron chi connectivity index (χ1n) is 6.99. The van der Waals surface area contributed by atoms with Crippen molar-refractivity contribution in [2.24, 2.45) is 0 Å². The second kappa shape index (κ2) is 3.69. The molecular formula is C18H22N+. The van der Waals surface area contributed by atoms with Crippen LogP contribution in [0.3, 0.4) is 0 Å². The van der Waals surface area contributed by atoms with Crippen LogP contribution in [-0.2, 0) is 11.0 Å². The number of benzene rings is 1. The van der Waals surface area contributed by atoms with E-state index in [1.807, 2.05) is 0 Å². The van der Waals surface area contributed by atoms with Gasteiger partial charge in [-0.1, -0.05) is 18.2 Å². The lowest BCUT2D eigenvalue weighted by Gasteiger charge is -2.42. The van der Waals surface area contributed by atoms with Gasteiger partial charge in [0.25, 0.3) is 0 Å². The van der Waals surface area contributed by atoms with E-state index in [0.717, 1.165) is 0 Å². The third-order valence-corrected chi connectivity index (χ3v) is 5.18. The van der Waals surface area contributed by atoms with Gasteiger partial charge in [0.05, 0.1) is 11.0 Å². The van der Waals surface area contributed by atoms with E-state index in [9.17, 15) is 0 Å². The van der Waals surface area contributed by atoms with Gasteiger partial charge in [0.15, 0.2) is 11.7 Å². The minimum absolute atomic E-state index is 0.0582. The fraction of sp³-hybridized carbons (Fsp3) is 0.389. The zero-order valence-corrected chi connectivity index (χ0v) is 12.5. The molecule has 0 aliphatic carbocycles. The van der Waals surface area contributed by atoms with E-state index in [2.05, 4.69) is 81.8 Å². The smallest absolute Gasteiger partial charge is 0.192 e. The molecule has 0 bridgehead atoms. The Balaban J connectivity index is 2.47. The summed E-state index contributed by atoms with van der Waals surface area (Å²) in [6.45, 7) is 11.6. The van der Waals surface area contributed by atoms with Gasteiger partial charge in [0.2, 0.25) is 5.69 Å². The first-order valence-corrected chi connectivity index (χ1v) is 6.99. The van der Waals surface area contributed by atoms with E-state index in [1.54, 1.807) is 0 Å². The van der Waals surface area contributed by atoms with Crippen molar-refractivity contribution >= 4 is 0 Å². The number of rotatable bonds is 0. The van der Waals surface area contributed by atoms with Gasteiger partial charge in [-0.05, 0) is 38.5 Å². The molecule has 3 rings (SSSR count). The lowest BCUT2D eigenvalue weighted by Crippen LogP contribution is -2.65. The van der Waals surface area contributed by atoms with Gasteiger partial charge in [0, 0.05) is 25.5 Å². The van der Waals surface area contributed by atoms with E-state index >= 15 is 0 Å². The molecule has 0 amide bonds. The minimum atomic E-state index is 0.0582. The summed E-state index contributed by atoms with van der Waals surface area (Å²) >= 11 is 0. The van der Waals surface area contributed by atoms with Gasteiger partial charge >= 0.3 is 0 Å². The van der Waals surface area contributed by atoms with Crippen molar-refractivity contribution in [2.75, 3.05) is 0 Å². The second-order valence-corrected chi connectivity index (χ2v) is 6.64. The van der Waals surface area contributed by atoms with Crippen molar-refractivity contribution in [3.05, 3.63) is 53.7 Å². The van der Waals surface area contributed by atoms with Gasteiger partial charge in [-0.2, -0.15) is 4.57 Å². The summed E-state index contributed by atoms with van der Waals surface area (Å²) in [7, 11) is 0. The Morgan fingerprint density at radius 3 is 2.32 bits per heavy atom. The molecule has 1 heteroatoms. The van der Waals surface area contributed by atoms with Crippen LogP contribution in [0.4, 0.5) is 0 Å². The van der Waals surface area contributed by atoms with Crippen molar-refractivity contribution < 1.29 is 4.57 Å². The van der Waals surface area contributed by atoms with Crippen molar-refractivity contribution in [1.82, 2.24) is 0 Å². The SMILES string of the molecule is Cc1ccc[n+]2c1-c1ccccc1C(C)(C)C2(C)C. The molecule has 1 aromatic carbocycles. The minimum Gasteiger partial charge on any atom is -0.192 e. The Kier molecular flexibility index (Phi) is 2.41. The first kappa shape index (κ1) is 12.4. The van der Waals surface area contributed by atoms with Crippen molar-refractivity contribution in [1.29, 1.82) is 0 Å². The van der Waals surface area contributed by atoms with E-state index in [1.165, 1.54) is 22.4 Å². The van der Waals surface area contributed by atoms with Crippen molar-refractivity contribution in [2.45, 2.75) is 45.6 Å². The molecule has 0 unspecified atom stereocenters. The van der Waals surface area contributed by atoms with Crippen LogP contribution in [0.2, 0.25) is 0 Å². The molecular weight excluding hydrogens is 230 g/mol. The summed E-state index contributed by atoms with van der Waals surface area (Å²) in [4.78, 5) is 0. The fourth-order valence-corrected chi connectivity index (χ4v) is 3.29. The maximum atomic E-state index is 2.45. The number of fused-ring (bicyclic) bond motifs is 3. The summed E-state index contributed by atoms with van der Waals surface area (Å²) in [5, 5.41) is 0. The van der Waals surface area contributed by atoms with Gasteiger partial charge in [-0.15, -0.1) is 0 Å². The quantitative estimate of drug-likeness (QED) is 0.624. The van der Waals surface area contributed by atoms with E-state index in [-0.39, 0.29) is 11.0 Å². The average Bonchev–Trinajstić information content (AvgIpc) is 2.37. The Hall–Kier alpha value is -1.63. The lowest BCUT2D eigenvalue weighted by atomic mass is 9.65. The Bertz CT molecular complexity index is 650. The van der Waals surface area contributed by atoms with Crippen molar-refractivity contribution in [3.63, 3.8) is 0 Å². The molecule has 0 spiro atoms. The van der Waals surface area contributed by atoms with Gasteiger partial charge in [0.1, 0.15) is 0 Å². The summed E-state index contributed by atoms with van der Waals surface area (Å²) in [5.74, 6) is 0. The number of aryl methyl sites for hydroxylation is 1. The third-order valence-electron chi connectivity index (χ3n) is 5.18. The largest absolute Gasteiger partial charge is 0.216 e. The average molecular weight is 252 g/mol. The monoisotopic (exact) mass is 252 g/mol. The Morgan fingerprint density at radius 1 is 0.895 bits per heavy atom. The predicted octanol–water partition coefficient (Wildman–Crippen LogP) is 3.98. The first-order chi connectivity index (χ1) is 8.87. The molecule has 1 nitrogen and oxygen atoms in total. The zero-order chi connectivity index (χ0) is 13.8. The van der Waals surface area contributed by atoms with E-state index < -0.39 is 0 Å². The highest BCUT2D eigenvalue weighted by atomic mass is 15.1. The highest BCUT2D eigenvalue weighted by Crippen LogP contribution is 2.45. The number of hydrogen-bond acceptors (Lipinski definition) is 0. The second-order valence-electron chi connectivity index (χ2n) is 6.64. The summed E-state index contributed by atoms with van der Waals surface area (Å²) in [6, 6.07) is 13.2. The van der Waals surface area contributed by atoms with Crippen LogP contribution < -0.4 is 4.57 Å². The molecule has 0 saturated carbocycles. The fourth-order valence-electron chi connectivity index (χ4n) is 3.29. The molecule has 1 aliphatic rings. The molecule has 98 valence electrons. The maximum absolute atomic E-state index is 2.45. The van der Waals surface area contributed by atoms with Crippen LogP contribution in [0.15, 0.2) is 42.6 Å². The molecule has 1 aromatic heterocycles. The number of nitrogens with zero attached hydrogens (tertiary/aromatic N) is 1. The van der Waals surface area contributed by atoms with Gasteiger partial charge in [-0.3, -0.25) is 0 Å². The topological polar surface area (TPSA) is 3.88 Å². The van der Waals surface area contributed by atoms with E-state index in [4.69, 9.17) is 0 Å². The normalized spacial score (nSPS) is 18.6. The highest BCUT2D eigenvalue weighted by Gasteiger charge is 2.52. The number of hydrogen-bond donors (Lipinski definition) is 0. The summed E-state index contributed by atoms with van der Waals surface area (Å²) < 4.78 is 2.45. The maximum Gasteiger partial charge on any atom is 0.216 e. The lowest BCUT2D eigenvalue weighted by molar-refractivity contribution is -0.760. The van der Waals surface area contributed by atoms with Gasteiger partial charge in [-0.25, -0.2) is 0 Å². The van der Waals surface area contributed by atoms with Crippen LogP contribution in [0.25, 0.3) is 11.3 Å². The molecule has 0 N–H and O–H groups in total. The Labute approximate surface area is 115 Å². The molecule has 1 aliphatic heterocycles. The molecule has 0 radical (unpaired) electrons. The molecule has 19 heavy (non-hydrogen) atoms. The van der Waals surface area contributed by atoms with Crippen LogP contribution >= 0.6 is 0 Å². The Morgan fingerprint density at radius 2 is 1.58 bits per heavy atom. The summed E-state index contributed by atoms with van der Waals surface area (Å²) in [6.07, 6.45) is 2.22. The van der Waals surface area contributed by atoms with Crippen LogP contribution in [0.5, 0.6) is 0 Å². The van der Waals surface area contributed by atoms with E-state index in [0.29, 0.717) is 0 Å². The van der Waals surface area contributed by atoms with Crippen LogP contribution in [-0.4, -0.2) is 0 Å². The van der Waals surface area contributed by atoms with Crippen LogP contribution in [0, 0.1) is 6.92 Å². The summed E-state index contributed by atoms with van der Waals surface area (Å²) in [5.41, 5.74) is 5.71. The molecule has 0 atom stereocenters. The zero-order valence-electron chi connectivity index (χ0n) is 12.5. The van der Waals surface area contributed by atoms with Crippen molar-refractivity contribution in [3.8, 4) is 11.3 Å². The molecule has 2 aromatic rings. The standard InChI is InChI=1S/C18H22N/c1-13-9-8-12-19-16(13)14-10-6-7-11-15(14)17(2,3)18(19,4)5/h6-12H,1-5H3/q+1. The molecule has 0 fully saturated rings. The third kappa shape index (κ3) is 1.44. The van der Waals surface area contributed by atoms with Crippen LogP contribution in [0.1, 0.15) is 38.8 Å². The predicted molar refractivity (Wildman–Crippen MR) is 79.2 cm³/mol. The molecule has 0 saturated heterocycles. The number of pyridine rings is 1. The number of aromatic nitrogens is 1.